The first-order valence-electron chi connectivity index (χ1n) is 7.81. The van der Waals surface area contributed by atoms with E-state index in [2.05, 4.69) is 4.98 Å². The Balaban J connectivity index is 2.26. The quantitative estimate of drug-likeness (QED) is 0.743. The highest BCUT2D eigenvalue weighted by Crippen LogP contribution is 2.34. The molecule has 0 aliphatic rings. The molecule has 3 rings (SSSR count). The number of anilines is 1. The van der Waals surface area contributed by atoms with Crippen LogP contribution >= 0.6 is 11.6 Å². The van der Waals surface area contributed by atoms with E-state index in [1.165, 1.54) is 0 Å². The zero-order valence-electron chi connectivity index (χ0n) is 14.1. The fourth-order valence-electron chi connectivity index (χ4n) is 2.77. The zero-order valence-corrected chi connectivity index (χ0v) is 14.8. The van der Waals surface area contributed by atoms with E-state index < -0.39 is 0 Å². The number of halogens is 1. The highest BCUT2D eigenvalue weighted by molar-refractivity contribution is 6.30. The molecule has 0 unspecified atom stereocenters. The Morgan fingerprint density at radius 3 is 2.52 bits per heavy atom. The molecule has 25 heavy (non-hydrogen) atoms. The number of hydrogen-bond donors (Lipinski definition) is 2. The second-order valence-corrected chi connectivity index (χ2v) is 6.06. The average molecular weight is 355 g/mol. The minimum atomic E-state index is 0.245. The van der Waals surface area contributed by atoms with Crippen LogP contribution in [0.4, 0.5) is 5.82 Å². The smallest absolute Gasteiger partial charge is 0.165 e. The lowest BCUT2D eigenvalue weighted by Gasteiger charge is -2.15. The first-order chi connectivity index (χ1) is 12.0. The molecule has 0 radical (unpaired) electrons. The molecule has 3 aromatic rings. The zero-order chi connectivity index (χ0) is 18.0. The molecule has 0 saturated heterocycles. The van der Waals surface area contributed by atoms with Crippen molar-refractivity contribution in [2.45, 2.75) is 13.5 Å². The van der Waals surface area contributed by atoms with E-state index in [4.69, 9.17) is 32.8 Å². The maximum atomic E-state index is 6.18. The van der Waals surface area contributed by atoms with E-state index in [-0.39, 0.29) is 6.54 Å². The van der Waals surface area contributed by atoms with Crippen molar-refractivity contribution in [3.63, 3.8) is 0 Å². The maximum Gasteiger partial charge on any atom is 0.165 e. The molecule has 0 saturated carbocycles. The van der Waals surface area contributed by atoms with Crippen LogP contribution in [-0.2, 0) is 6.54 Å². The maximum absolute atomic E-state index is 6.18. The van der Waals surface area contributed by atoms with Gasteiger partial charge in [-0.25, -0.2) is 9.97 Å². The predicted molar refractivity (Wildman–Crippen MR) is 102 cm³/mol. The van der Waals surface area contributed by atoms with Crippen molar-refractivity contribution < 1.29 is 4.74 Å². The summed E-state index contributed by atoms with van der Waals surface area (Å²) in [5.74, 6) is 1.54. The molecule has 5 nitrogen and oxygen atoms in total. The van der Waals surface area contributed by atoms with E-state index in [1.54, 1.807) is 7.11 Å². The summed E-state index contributed by atoms with van der Waals surface area (Å²) in [6.07, 6.45) is 0. The van der Waals surface area contributed by atoms with Gasteiger partial charge in [0.05, 0.1) is 18.4 Å². The van der Waals surface area contributed by atoms with E-state index in [9.17, 15) is 0 Å². The van der Waals surface area contributed by atoms with Gasteiger partial charge in [0.15, 0.2) is 5.82 Å². The summed E-state index contributed by atoms with van der Waals surface area (Å²) in [6.45, 7) is 2.22. The molecule has 0 aliphatic carbocycles. The Hall–Kier alpha value is -2.63. The molecule has 2 aromatic carbocycles. The van der Waals surface area contributed by atoms with Gasteiger partial charge < -0.3 is 16.2 Å². The van der Waals surface area contributed by atoms with Gasteiger partial charge in [-0.1, -0.05) is 29.8 Å². The number of nitrogens with two attached hydrogens (primary N) is 2. The van der Waals surface area contributed by atoms with Gasteiger partial charge >= 0.3 is 0 Å². The van der Waals surface area contributed by atoms with Crippen LogP contribution in [0, 0.1) is 6.92 Å². The topological polar surface area (TPSA) is 87.0 Å². The summed E-state index contributed by atoms with van der Waals surface area (Å²) in [6, 6.07) is 13.2. The Kier molecular flexibility index (Phi) is 4.88. The normalized spacial score (nSPS) is 10.7. The third-order valence-electron chi connectivity index (χ3n) is 4.03. The third kappa shape index (κ3) is 3.29. The number of benzene rings is 2. The summed E-state index contributed by atoms with van der Waals surface area (Å²) < 4.78 is 5.42. The molecule has 4 N–H and O–H groups in total. The van der Waals surface area contributed by atoms with Crippen LogP contribution in [0.25, 0.3) is 22.6 Å². The van der Waals surface area contributed by atoms with Crippen LogP contribution in [0.1, 0.15) is 11.1 Å². The van der Waals surface area contributed by atoms with Crippen molar-refractivity contribution in [1.29, 1.82) is 0 Å². The molecule has 0 bridgehead atoms. The minimum absolute atomic E-state index is 0.245. The number of rotatable bonds is 4. The average Bonchev–Trinajstić information content (AvgIpc) is 2.61. The molecule has 0 amide bonds. The number of ether oxygens (including phenoxy) is 1. The number of hydrogen-bond acceptors (Lipinski definition) is 5. The molecule has 0 spiro atoms. The summed E-state index contributed by atoms with van der Waals surface area (Å²) in [5, 5.41) is 0.669. The van der Waals surface area contributed by atoms with Gasteiger partial charge in [0, 0.05) is 22.7 Å². The second-order valence-electron chi connectivity index (χ2n) is 5.62. The number of para-hydroxylation sites is 1. The highest BCUT2D eigenvalue weighted by atomic mass is 35.5. The highest BCUT2D eigenvalue weighted by Gasteiger charge is 2.17. The SMILES string of the molecule is COc1ccccc1-c1nc(N)c(CN)c(-c2ccc(Cl)cc2C)n1. The number of aryl methyl sites for hydroxylation is 1. The fraction of sp³-hybridized carbons (Fsp3) is 0.158. The summed E-state index contributed by atoms with van der Waals surface area (Å²) >= 11 is 6.08. The molecular formula is C19H19ClN4O. The van der Waals surface area contributed by atoms with Gasteiger partial charge in [-0.05, 0) is 36.8 Å². The first kappa shape index (κ1) is 17.2. The van der Waals surface area contributed by atoms with Crippen molar-refractivity contribution in [1.82, 2.24) is 9.97 Å². The number of methoxy groups -OCH3 is 1. The second kappa shape index (κ2) is 7.09. The van der Waals surface area contributed by atoms with Gasteiger partial charge in [0.1, 0.15) is 11.6 Å². The van der Waals surface area contributed by atoms with Gasteiger partial charge in [-0.3, -0.25) is 0 Å². The molecule has 128 valence electrons. The van der Waals surface area contributed by atoms with Gasteiger partial charge in [0.2, 0.25) is 0 Å². The molecule has 0 aliphatic heterocycles. The molecular weight excluding hydrogens is 336 g/mol. The molecule has 1 heterocycles. The Morgan fingerprint density at radius 2 is 1.84 bits per heavy atom. The first-order valence-corrected chi connectivity index (χ1v) is 8.19. The molecule has 0 atom stereocenters. The lowest BCUT2D eigenvalue weighted by atomic mass is 10.0. The Morgan fingerprint density at radius 1 is 1.08 bits per heavy atom. The number of nitrogens with zero attached hydrogens (tertiary/aromatic N) is 2. The number of aromatic nitrogens is 2. The van der Waals surface area contributed by atoms with Crippen molar-refractivity contribution in [2.24, 2.45) is 5.73 Å². The molecule has 0 fully saturated rings. The predicted octanol–water partition coefficient (Wildman–Crippen LogP) is 3.82. The lowest BCUT2D eigenvalue weighted by molar-refractivity contribution is 0.416. The van der Waals surface area contributed by atoms with Crippen LogP contribution in [0.15, 0.2) is 42.5 Å². The number of nitrogen functional groups attached to an aromatic ring is 1. The van der Waals surface area contributed by atoms with E-state index in [1.807, 2.05) is 49.4 Å². The van der Waals surface area contributed by atoms with Gasteiger partial charge in [-0.15, -0.1) is 0 Å². The summed E-state index contributed by atoms with van der Waals surface area (Å²) in [7, 11) is 1.61. The fourth-order valence-corrected chi connectivity index (χ4v) is 2.99. The van der Waals surface area contributed by atoms with Gasteiger partial charge in [0.25, 0.3) is 0 Å². The lowest BCUT2D eigenvalue weighted by Crippen LogP contribution is -2.10. The van der Waals surface area contributed by atoms with E-state index in [0.29, 0.717) is 33.7 Å². The monoisotopic (exact) mass is 354 g/mol. The van der Waals surface area contributed by atoms with Crippen molar-refractivity contribution in [3.8, 4) is 28.4 Å². The largest absolute Gasteiger partial charge is 0.496 e. The summed E-state index contributed by atoms with van der Waals surface area (Å²) in [5.41, 5.74) is 16.2. The standard InChI is InChI=1S/C19H19ClN4O/c1-11-9-12(20)7-8-13(11)17-15(10-21)18(22)24-19(23-17)14-5-3-4-6-16(14)25-2/h3-9H,10,21H2,1-2H3,(H2,22,23,24). The molecule has 1 aromatic heterocycles. The van der Waals surface area contributed by atoms with Crippen LogP contribution < -0.4 is 16.2 Å². The van der Waals surface area contributed by atoms with Crippen LogP contribution in [0.5, 0.6) is 5.75 Å². The van der Waals surface area contributed by atoms with E-state index >= 15 is 0 Å². The van der Waals surface area contributed by atoms with Crippen LogP contribution in [-0.4, -0.2) is 17.1 Å². The van der Waals surface area contributed by atoms with Crippen LogP contribution in [0.3, 0.4) is 0 Å². The van der Waals surface area contributed by atoms with E-state index in [0.717, 1.165) is 16.7 Å². The van der Waals surface area contributed by atoms with Gasteiger partial charge in [-0.2, -0.15) is 0 Å². The van der Waals surface area contributed by atoms with Crippen molar-refractivity contribution in [3.05, 3.63) is 58.6 Å². The summed E-state index contributed by atoms with van der Waals surface area (Å²) in [4.78, 5) is 9.19. The molecule has 6 heteroatoms. The minimum Gasteiger partial charge on any atom is -0.496 e. The van der Waals surface area contributed by atoms with Crippen molar-refractivity contribution >= 4 is 17.4 Å². The Bertz CT molecular complexity index is 927. The third-order valence-corrected chi connectivity index (χ3v) is 4.27. The van der Waals surface area contributed by atoms with Crippen molar-refractivity contribution in [2.75, 3.05) is 12.8 Å². The van der Waals surface area contributed by atoms with Crippen LogP contribution in [0.2, 0.25) is 5.02 Å². The Labute approximate surface area is 151 Å².